The zero-order chi connectivity index (χ0) is 12.1. The van der Waals surface area contributed by atoms with E-state index in [9.17, 15) is 0 Å². The first-order valence-corrected chi connectivity index (χ1v) is 7.52. The van der Waals surface area contributed by atoms with Gasteiger partial charge >= 0.3 is 0 Å². The lowest BCUT2D eigenvalue weighted by Crippen LogP contribution is -2.35. The third kappa shape index (κ3) is 3.50. The van der Waals surface area contributed by atoms with E-state index in [1.54, 1.807) is 11.3 Å². The molecule has 0 aliphatic heterocycles. The molecule has 17 heavy (non-hydrogen) atoms. The van der Waals surface area contributed by atoms with Crippen molar-refractivity contribution in [3.63, 3.8) is 0 Å². The lowest BCUT2D eigenvalue weighted by atomic mass is 9.79. The van der Waals surface area contributed by atoms with Gasteiger partial charge in [0.15, 0.2) is 0 Å². The Labute approximate surface area is 108 Å². The molecule has 1 saturated carbocycles. The molecule has 3 N–H and O–H groups in total. The highest BCUT2D eigenvalue weighted by atomic mass is 32.1. The van der Waals surface area contributed by atoms with Gasteiger partial charge in [0.1, 0.15) is 5.01 Å². The molecule has 0 aromatic carbocycles. The number of nitrogens with one attached hydrogen (secondary N) is 1. The number of nitrogens with zero attached hydrogens (tertiary/aromatic N) is 1. The molecule has 1 fully saturated rings. The van der Waals surface area contributed by atoms with Gasteiger partial charge < -0.3 is 11.1 Å². The van der Waals surface area contributed by atoms with Crippen LogP contribution in [0.2, 0.25) is 0 Å². The summed E-state index contributed by atoms with van der Waals surface area (Å²) in [7, 11) is 0. The van der Waals surface area contributed by atoms with E-state index < -0.39 is 0 Å². The predicted molar refractivity (Wildman–Crippen MR) is 73.0 cm³/mol. The first-order valence-electron chi connectivity index (χ1n) is 6.64. The maximum atomic E-state index is 5.86. The van der Waals surface area contributed by atoms with Crippen LogP contribution < -0.4 is 11.1 Å². The smallest absolute Gasteiger partial charge is 0.109 e. The molecule has 1 heterocycles. The first-order chi connectivity index (χ1) is 8.31. The second-order valence-corrected chi connectivity index (χ2v) is 5.97. The minimum atomic E-state index is 0.371. The minimum Gasteiger partial charge on any atom is -0.330 e. The summed E-state index contributed by atoms with van der Waals surface area (Å²) in [5.41, 5.74) is 5.86. The van der Waals surface area contributed by atoms with Gasteiger partial charge in [0.05, 0.1) is 6.04 Å². The first kappa shape index (κ1) is 13.0. The Hall–Kier alpha value is -0.450. The Balaban J connectivity index is 1.80. The fraction of sp³-hybridized carbons (Fsp3) is 0.769. The number of nitrogens with two attached hydrogens (primary N) is 1. The van der Waals surface area contributed by atoms with E-state index in [1.807, 2.05) is 11.6 Å². The monoisotopic (exact) mass is 253 g/mol. The quantitative estimate of drug-likeness (QED) is 0.848. The Morgan fingerprint density at radius 1 is 1.47 bits per heavy atom. The summed E-state index contributed by atoms with van der Waals surface area (Å²) in [6.07, 6.45) is 7.25. The number of rotatable bonds is 5. The second-order valence-electron chi connectivity index (χ2n) is 5.04. The van der Waals surface area contributed by atoms with Gasteiger partial charge in [0, 0.05) is 11.6 Å². The Bertz CT molecular complexity index is 312. The van der Waals surface area contributed by atoms with Crippen LogP contribution in [0.25, 0.3) is 0 Å². The summed E-state index contributed by atoms with van der Waals surface area (Å²) in [6.45, 7) is 4.12. The van der Waals surface area contributed by atoms with Crippen molar-refractivity contribution in [1.29, 1.82) is 0 Å². The topological polar surface area (TPSA) is 50.9 Å². The Morgan fingerprint density at radius 3 is 2.88 bits per heavy atom. The van der Waals surface area contributed by atoms with Crippen LogP contribution >= 0.6 is 11.3 Å². The van der Waals surface area contributed by atoms with Crippen LogP contribution in [0.15, 0.2) is 11.6 Å². The third-order valence-electron chi connectivity index (χ3n) is 3.88. The molecule has 1 aromatic heterocycles. The van der Waals surface area contributed by atoms with Crippen LogP contribution in [0.5, 0.6) is 0 Å². The van der Waals surface area contributed by atoms with Crippen LogP contribution in [0.4, 0.5) is 0 Å². The van der Waals surface area contributed by atoms with E-state index in [4.69, 9.17) is 5.73 Å². The normalized spacial score (nSPS) is 26.9. The van der Waals surface area contributed by atoms with Crippen molar-refractivity contribution < 1.29 is 0 Å². The highest BCUT2D eigenvalue weighted by Gasteiger charge is 2.24. The number of hydrogen-bond donors (Lipinski definition) is 2. The molecule has 3 nitrogen and oxygen atoms in total. The minimum absolute atomic E-state index is 0.371. The van der Waals surface area contributed by atoms with E-state index in [0.717, 1.165) is 24.9 Å². The second kappa shape index (κ2) is 6.47. The molecule has 0 bridgehead atoms. The molecule has 1 aliphatic rings. The summed E-state index contributed by atoms with van der Waals surface area (Å²) < 4.78 is 0. The van der Waals surface area contributed by atoms with Crippen LogP contribution in [-0.2, 0) is 0 Å². The molecule has 2 rings (SSSR count). The van der Waals surface area contributed by atoms with Crippen LogP contribution in [0.1, 0.15) is 43.7 Å². The van der Waals surface area contributed by atoms with Crippen molar-refractivity contribution in [2.24, 2.45) is 17.6 Å². The molecule has 0 amide bonds. The van der Waals surface area contributed by atoms with Crippen LogP contribution in [-0.4, -0.2) is 18.1 Å². The molecular formula is C13H23N3S. The molecule has 4 heteroatoms. The van der Waals surface area contributed by atoms with E-state index in [1.165, 1.54) is 30.7 Å². The molecule has 3 unspecified atom stereocenters. The largest absolute Gasteiger partial charge is 0.330 e. The summed E-state index contributed by atoms with van der Waals surface area (Å²) >= 11 is 1.73. The molecule has 0 saturated heterocycles. The average molecular weight is 253 g/mol. The van der Waals surface area contributed by atoms with E-state index >= 15 is 0 Å². The van der Waals surface area contributed by atoms with Gasteiger partial charge in [-0.15, -0.1) is 11.3 Å². The van der Waals surface area contributed by atoms with Crippen molar-refractivity contribution >= 4 is 11.3 Å². The van der Waals surface area contributed by atoms with E-state index in [-0.39, 0.29) is 0 Å². The van der Waals surface area contributed by atoms with Gasteiger partial charge in [-0.25, -0.2) is 4.98 Å². The standard InChI is InChI=1S/C13H23N3S/c1-10(13-15-6-7-17-13)16-9-12-5-3-2-4-11(12)8-14/h6-7,10-12,16H,2-5,8-9,14H2,1H3. The third-order valence-corrected chi connectivity index (χ3v) is 4.84. The number of hydrogen-bond acceptors (Lipinski definition) is 4. The summed E-state index contributed by atoms with van der Waals surface area (Å²) in [5.74, 6) is 1.48. The van der Waals surface area contributed by atoms with Gasteiger partial charge in [0.2, 0.25) is 0 Å². The summed E-state index contributed by atoms with van der Waals surface area (Å²) in [5, 5.41) is 6.84. The molecule has 1 aliphatic carbocycles. The fourth-order valence-electron chi connectivity index (χ4n) is 2.73. The average Bonchev–Trinajstić information content (AvgIpc) is 2.90. The van der Waals surface area contributed by atoms with Gasteiger partial charge in [0.25, 0.3) is 0 Å². The number of aromatic nitrogens is 1. The van der Waals surface area contributed by atoms with Crippen molar-refractivity contribution in [2.45, 2.75) is 38.6 Å². The summed E-state index contributed by atoms with van der Waals surface area (Å²) in [6, 6.07) is 0.371. The van der Waals surface area contributed by atoms with Crippen molar-refractivity contribution in [1.82, 2.24) is 10.3 Å². The van der Waals surface area contributed by atoms with Crippen molar-refractivity contribution in [2.75, 3.05) is 13.1 Å². The van der Waals surface area contributed by atoms with E-state index in [2.05, 4.69) is 17.2 Å². The molecule has 96 valence electrons. The highest BCUT2D eigenvalue weighted by molar-refractivity contribution is 7.09. The fourth-order valence-corrected chi connectivity index (χ4v) is 3.40. The predicted octanol–water partition coefficient (Wildman–Crippen LogP) is 2.56. The summed E-state index contributed by atoms with van der Waals surface area (Å²) in [4.78, 5) is 4.35. The zero-order valence-corrected chi connectivity index (χ0v) is 11.4. The van der Waals surface area contributed by atoms with Crippen LogP contribution in [0, 0.1) is 11.8 Å². The SMILES string of the molecule is CC(NCC1CCCCC1CN)c1nccs1. The molecule has 0 radical (unpaired) electrons. The molecule has 1 aromatic rings. The Kier molecular flexibility index (Phi) is 4.95. The van der Waals surface area contributed by atoms with Gasteiger partial charge in [-0.3, -0.25) is 0 Å². The van der Waals surface area contributed by atoms with Gasteiger partial charge in [-0.2, -0.15) is 0 Å². The van der Waals surface area contributed by atoms with Gasteiger partial charge in [-0.05, 0) is 44.7 Å². The lowest BCUT2D eigenvalue weighted by Gasteiger charge is -2.31. The van der Waals surface area contributed by atoms with Crippen molar-refractivity contribution in [3.05, 3.63) is 16.6 Å². The maximum Gasteiger partial charge on any atom is 0.109 e. The van der Waals surface area contributed by atoms with Gasteiger partial charge in [-0.1, -0.05) is 12.8 Å². The Morgan fingerprint density at radius 2 is 2.24 bits per heavy atom. The maximum absolute atomic E-state index is 5.86. The molecule has 0 spiro atoms. The number of thiazole rings is 1. The lowest BCUT2D eigenvalue weighted by molar-refractivity contribution is 0.231. The molecular weight excluding hydrogens is 230 g/mol. The zero-order valence-electron chi connectivity index (χ0n) is 10.6. The highest BCUT2D eigenvalue weighted by Crippen LogP contribution is 2.29. The van der Waals surface area contributed by atoms with Crippen molar-refractivity contribution in [3.8, 4) is 0 Å². The molecule has 3 atom stereocenters. The van der Waals surface area contributed by atoms with Crippen LogP contribution in [0.3, 0.4) is 0 Å². The van der Waals surface area contributed by atoms with E-state index in [0.29, 0.717) is 6.04 Å².